The van der Waals surface area contributed by atoms with Gasteiger partial charge in [0, 0.05) is 13.2 Å². The van der Waals surface area contributed by atoms with Crippen LogP contribution in [-0.2, 0) is 13.7 Å². The molecule has 0 saturated carbocycles. The van der Waals surface area contributed by atoms with E-state index in [2.05, 4.69) is 4.84 Å². The second-order valence-electron chi connectivity index (χ2n) is 4.84. The normalized spacial score (nSPS) is 16.1. The molecule has 98 valence electrons. The van der Waals surface area contributed by atoms with Crippen molar-refractivity contribution >= 4 is 8.56 Å². The van der Waals surface area contributed by atoms with Crippen molar-refractivity contribution in [3.05, 3.63) is 0 Å². The van der Waals surface area contributed by atoms with E-state index in [0.717, 1.165) is 18.5 Å². The molecule has 4 N–H and O–H groups in total. The highest BCUT2D eigenvalue weighted by Crippen LogP contribution is 2.25. The van der Waals surface area contributed by atoms with E-state index in [4.69, 9.17) is 20.5 Å². The van der Waals surface area contributed by atoms with Crippen molar-refractivity contribution in [3.8, 4) is 0 Å². The first-order chi connectivity index (χ1) is 7.39. The van der Waals surface area contributed by atoms with Crippen molar-refractivity contribution in [2.75, 3.05) is 20.3 Å². The largest absolute Gasteiger partial charge is 0.398 e. The number of nitrogens with two attached hydrogens (primary N) is 2. The summed E-state index contributed by atoms with van der Waals surface area (Å²) < 4.78 is 11.7. The summed E-state index contributed by atoms with van der Waals surface area (Å²) in [4.78, 5) is 4.57. The number of hydrogen-bond donors (Lipinski definition) is 2. The zero-order valence-corrected chi connectivity index (χ0v) is 11.9. The second-order valence-corrected chi connectivity index (χ2v) is 8.28. The van der Waals surface area contributed by atoms with Gasteiger partial charge in [0.05, 0.1) is 12.2 Å². The van der Waals surface area contributed by atoms with Crippen molar-refractivity contribution in [1.82, 2.24) is 0 Å². The minimum atomic E-state index is -2.20. The standard InChI is InChI=1S/C10H26N2O3Si/c1-10(2,3)15-16(13-4,9-6-11)8-5-7-14-12/h5-9,11-12H2,1-4H3. The van der Waals surface area contributed by atoms with Gasteiger partial charge in [-0.25, -0.2) is 5.90 Å². The van der Waals surface area contributed by atoms with E-state index in [1.54, 1.807) is 7.11 Å². The lowest BCUT2D eigenvalue weighted by Gasteiger charge is -2.35. The van der Waals surface area contributed by atoms with E-state index in [1.807, 2.05) is 20.8 Å². The molecule has 1 unspecified atom stereocenters. The molecule has 1 atom stereocenters. The molecule has 0 heterocycles. The van der Waals surface area contributed by atoms with Crippen LogP contribution < -0.4 is 11.6 Å². The summed E-state index contributed by atoms with van der Waals surface area (Å²) >= 11 is 0. The highest BCUT2D eigenvalue weighted by molar-refractivity contribution is 6.67. The Balaban J connectivity index is 4.44. The Morgan fingerprint density at radius 3 is 2.19 bits per heavy atom. The average molecular weight is 250 g/mol. The Morgan fingerprint density at radius 2 is 1.81 bits per heavy atom. The van der Waals surface area contributed by atoms with Crippen LogP contribution in [0.4, 0.5) is 0 Å². The summed E-state index contributed by atoms with van der Waals surface area (Å²) in [5.74, 6) is 5.01. The van der Waals surface area contributed by atoms with E-state index < -0.39 is 8.56 Å². The van der Waals surface area contributed by atoms with Gasteiger partial charge in [-0.05, 0) is 39.8 Å². The summed E-state index contributed by atoms with van der Waals surface area (Å²) in [6.07, 6.45) is 0.840. The van der Waals surface area contributed by atoms with Gasteiger partial charge in [-0.3, -0.25) is 0 Å². The Hall–Kier alpha value is 0.0169. The van der Waals surface area contributed by atoms with Crippen LogP contribution >= 0.6 is 0 Å². The van der Waals surface area contributed by atoms with Crippen LogP contribution in [0.1, 0.15) is 27.2 Å². The van der Waals surface area contributed by atoms with Crippen LogP contribution in [0, 0.1) is 0 Å². The molecule has 0 bridgehead atoms. The van der Waals surface area contributed by atoms with Gasteiger partial charge in [0.25, 0.3) is 0 Å². The Kier molecular flexibility index (Phi) is 7.37. The molecule has 0 aliphatic heterocycles. The fourth-order valence-electron chi connectivity index (χ4n) is 1.68. The Bertz CT molecular complexity index is 187. The summed E-state index contributed by atoms with van der Waals surface area (Å²) in [5, 5.41) is 0. The second kappa shape index (κ2) is 7.36. The van der Waals surface area contributed by atoms with Crippen LogP contribution in [0.5, 0.6) is 0 Å². The van der Waals surface area contributed by atoms with Crippen molar-refractivity contribution in [3.63, 3.8) is 0 Å². The van der Waals surface area contributed by atoms with Gasteiger partial charge in [-0.2, -0.15) is 0 Å². The molecule has 0 amide bonds. The van der Waals surface area contributed by atoms with E-state index in [9.17, 15) is 0 Å². The van der Waals surface area contributed by atoms with Crippen molar-refractivity contribution < 1.29 is 13.7 Å². The predicted octanol–water partition coefficient (Wildman–Crippen LogP) is 1.13. The zero-order valence-electron chi connectivity index (χ0n) is 10.9. The quantitative estimate of drug-likeness (QED) is 0.383. The zero-order chi connectivity index (χ0) is 12.7. The summed E-state index contributed by atoms with van der Waals surface area (Å²) in [5.41, 5.74) is 5.42. The lowest BCUT2D eigenvalue weighted by Crippen LogP contribution is -2.48. The molecule has 0 aromatic carbocycles. The van der Waals surface area contributed by atoms with E-state index in [0.29, 0.717) is 13.2 Å². The van der Waals surface area contributed by atoms with Crippen molar-refractivity contribution in [2.45, 2.75) is 44.9 Å². The topological polar surface area (TPSA) is 79.7 Å². The highest BCUT2D eigenvalue weighted by Gasteiger charge is 2.39. The maximum atomic E-state index is 6.10. The molecule has 16 heavy (non-hydrogen) atoms. The molecule has 0 spiro atoms. The van der Waals surface area contributed by atoms with Gasteiger partial charge in [-0.15, -0.1) is 0 Å². The van der Waals surface area contributed by atoms with Gasteiger partial charge in [0.1, 0.15) is 0 Å². The highest BCUT2D eigenvalue weighted by atomic mass is 28.4. The van der Waals surface area contributed by atoms with Gasteiger partial charge in [0.2, 0.25) is 0 Å². The van der Waals surface area contributed by atoms with E-state index in [-0.39, 0.29) is 5.60 Å². The van der Waals surface area contributed by atoms with Crippen LogP contribution in [0.25, 0.3) is 0 Å². The molecular weight excluding hydrogens is 224 g/mol. The number of rotatable bonds is 8. The Morgan fingerprint density at radius 1 is 1.19 bits per heavy atom. The Labute approximate surface area is 99.6 Å². The van der Waals surface area contributed by atoms with Gasteiger partial charge < -0.3 is 19.4 Å². The maximum absolute atomic E-state index is 6.10. The summed E-state index contributed by atoms with van der Waals surface area (Å²) in [6.45, 7) is 7.20. The SMILES string of the molecule is CO[Si](CCN)(CCCON)OC(C)(C)C. The molecule has 0 aromatic rings. The first-order valence-corrected chi connectivity index (χ1v) is 7.89. The third kappa shape index (κ3) is 6.57. The van der Waals surface area contributed by atoms with E-state index >= 15 is 0 Å². The third-order valence-electron chi connectivity index (χ3n) is 2.21. The first kappa shape index (κ1) is 16.0. The molecule has 0 rings (SSSR count). The molecule has 0 radical (unpaired) electrons. The molecule has 0 aliphatic carbocycles. The lowest BCUT2D eigenvalue weighted by molar-refractivity contribution is 0.0695. The van der Waals surface area contributed by atoms with Crippen LogP contribution in [0.15, 0.2) is 0 Å². The average Bonchev–Trinajstić information content (AvgIpc) is 2.16. The lowest BCUT2D eigenvalue weighted by atomic mass is 10.2. The summed E-state index contributed by atoms with van der Waals surface area (Å²) in [6, 6.07) is 1.65. The van der Waals surface area contributed by atoms with Gasteiger partial charge in [-0.1, -0.05) is 0 Å². The minimum absolute atomic E-state index is 0.207. The maximum Gasteiger partial charge on any atom is 0.339 e. The molecule has 0 aromatic heterocycles. The molecular formula is C10H26N2O3Si. The smallest absolute Gasteiger partial charge is 0.339 e. The van der Waals surface area contributed by atoms with Crippen LogP contribution in [-0.4, -0.2) is 34.4 Å². The van der Waals surface area contributed by atoms with Crippen molar-refractivity contribution in [1.29, 1.82) is 0 Å². The minimum Gasteiger partial charge on any atom is -0.398 e. The van der Waals surface area contributed by atoms with Gasteiger partial charge in [0.15, 0.2) is 0 Å². The van der Waals surface area contributed by atoms with Gasteiger partial charge >= 0.3 is 8.56 Å². The van der Waals surface area contributed by atoms with Crippen LogP contribution in [0.3, 0.4) is 0 Å². The molecule has 5 nitrogen and oxygen atoms in total. The fraction of sp³-hybridized carbons (Fsp3) is 1.00. The fourth-order valence-corrected chi connectivity index (χ4v) is 4.86. The van der Waals surface area contributed by atoms with E-state index in [1.165, 1.54) is 0 Å². The van der Waals surface area contributed by atoms with Crippen LogP contribution in [0.2, 0.25) is 12.1 Å². The molecule has 0 aliphatic rings. The molecule has 0 saturated heterocycles. The monoisotopic (exact) mass is 250 g/mol. The van der Waals surface area contributed by atoms with Crippen molar-refractivity contribution in [2.24, 2.45) is 11.6 Å². The predicted molar refractivity (Wildman–Crippen MR) is 67.0 cm³/mol. The third-order valence-corrected chi connectivity index (χ3v) is 6.10. The summed E-state index contributed by atoms with van der Waals surface area (Å²) in [7, 11) is -0.497. The first-order valence-electron chi connectivity index (χ1n) is 5.66. The number of hydrogen-bond acceptors (Lipinski definition) is 5. The molecule has 6 heteroatoms. The molecule has 0 fully saturated rings.